The molecule has 0 bridgehead atoms. The number of likely N-dealkylation sites (N-methyl/N-ethyl adjacent to an activating group) is 1. The maximum absolute atomic E-state index is 11.1. The second kappa shape index (κ2) is 5.98. The number of carboxylic acid groups (broad SMARTS) is 1. The van der Waals surface area contributed by atoms with Crippen LogP contribution in [0.15, 0.2) is 30.3 Å². The van der Waals surface area contributed by atoms with Gasteiger partial charge in [0.1, 0.15) is 0 Å². The molecule has 0 spiro atoms. The van der Waals surface area contributed by atoms with E-state index in [1.165, 1.54) is 5.56 Å². The molecule has 98 valence electrons. The molecule has 2 rings (SSSR count). The van der Waals surface area contributed by atoms with Gasteiger partial charge in [-0.15, -0.1) is 0 Å². The summed E-state index contributed by atoms with van der Waals surface area (Å²) in [6.07, 6.45) is 0.931. The number of rotatable bonds is 5. The Morgan fingerprint density at radius 1 is 1.39 bits per heavy atom. The lowest BCUT2D eigenvalue weighted by molar-refractivity contribution is -0.143. The molecule has 4 heteroatoms. The highest BCUT2D eigenvalue weighted by atomic mass is 16.5. The molecule has 0 aromatic heterocycles. The Hall–Kier alpha value is -1.39. The topological polar surface area (TPSA) is 49.8 Å². The molecule has 1 heterocycles. The molecule has 1 fully saturated rings. The third kappa shape index (κ3) is 3.09. The normalized spacial score (nSPS) is 23.4. The van der Waals surface area contributed by atoms with Crippen molar-refractivity contribution in [2.24, 2.45) is 5.92 Å². The van der Waals surface area contributed by atoms with Crippen LogP contribution in [-0.2, 0) is 16.0 Å². The highest BCUT2D eigenvalue weighted by Gasteiger charge is 2.36. The van der Waals surface area contributed by atoms with Crippen molar-refractivity contribution in [3.63, 3.8) is 0 Å². The average molecular weight is 249 g/mol. The number of hydrogen-bond donors (Lipinski definition) is 1. The Morgan fingerprint density at radius 2 is 2.11 bits per heavy atom. The van der Waals surface area contributed by atoms with Crippen molar-refractivity contribution in [3.05, 3.63) is 35.9 Å². The van der Waals surface area contributed by atoms with E-state index in [-0.39, 0.29) is 6.04 Å². The number of benzene rings is 1. The minimum atomic E-state index is -0.760. The van der Waals surface area contributed by atoms with Gasteiger partial charge in [-0.05, 0) is 19.0 Å². The minimum absolute atomic E-state index is 0.00814. The number of aliphatic carboxylic acids is 1. The van der Waals surface area contributed by atoms with E-state index in [2.05, 4.69) is 17.0 Å². The van der Waals surface area contributed by atoms with Crippen molar-refractivity contribution >= 4 is 5.97 Å². The Morgan fingerprint density at radius 3 is 2.78 bits per heavy atom. The van der Waals surface area contributed by atoms with Crippen LogP contribution in [0, 0.1) is 5.92 Å². The lowest BCUT2D eigenvalue weighted by Gasteiger charge is -2.26. The van der Waals surface area contributed by atoms with E-state index in [0.717, 1.165) is 13.0 Å². The van der Waals surface area contributed by atoms with E-state index >= 15 is 0 Å². The SMILES string of the molecule is CN(CCc1ccccc1)C1COCC1C(=O)O. The maximum Gasteiger partial charge on any atom is 0.310 e. The van der Waals surface area contributed by atoms with E-state index in [0.29, 0.717) is 13.2 Å². The number of carbonyl (C=O) groups is 1. The standard InChI is InChI=1S/C14H19NO3/c1-15(8-7-11-5-3-2-4-6-11)13-10-18-9-12(13)14(16)17/h2-6,12-13H,7-10H2,1H3,(H,16,17). The van der Waals surface area contributed by atoms with Crippen molar-refractivity contribution < 1.29 is 14.6 Å². The molecule has 1 aliphatic heterocycles. The predicted octanol–water partition coefficient (Wildman–Crippen LogP) is 1.26. The fourth-order valence-electron chi connectivity index (χ4n) is 2.33. The van der Waals surface area contributed by atoms with E-state index in [9.17, 15) is 4.79 Å². The third-order valence-electron chi connectivity index (χ3n) is 3.53. The molecule has 18 heavy (non-hydrogen) atoms. The quantitative estimate of drug-likeness (QED) is 0.853. The van der Waals surface area contributed by atoms with Crippen LogP contribution >= 0.6 is 0 Å². The summed E-state index contributed by atoms with van der Waals surface area (Å²) in [4.78, 5) is 13.2. The van der Waals surface area contributed by atoms with Gasteiger partial charge in [0.2, 0.25) is 0 Å². The lowest BCUT2D eigenvalue weighted by atomic mass is 10.0. The fraction of sp³-hybridized carbons (Fsp3) is 0.500. The van der Waals surface area contributed by atoms with Gasteiger partial charge in [-0.2, -0.15) is 0 Å². The molecule has 1 saturated heterocycles. The molecule has 0 saturated carbocycles. The summed E-state index contributed by atoms with van der Waals surface area (Å²) in [5, 5.41) is 9.11. The predicted molar refractivity (Wildman–Crippen MR) is 68.5 cm³/mol. The molecule has 4 nitrogen and oxygen atoms in total. The van der Waals surface area contributed by atoms with Gasteiger partial charge in [-0.25, -0.2) is 0 Å². The van der Waals surface area contributed by atoms with E-state index in [4.69, 9.17) is 9.84 Å². The summed E-state index contributed by atoms with van der Waals surface area (Å²) in [5.74, 6) is -1.16. The Labute approximate surface area is 107 Å². The maximum atomic E-state index is 11.1. The lowest BCUT2D eigenvalue weighted by Crippen LogP contribution is -2.41. The highest BCUT2D eigenvalue weighted by molar-refractivity contribution is 5.71. The van der Waals surface area contributed by atoms with Crippen LogP contribution in [-0.4, -0.2) is 48.8 Å². The van der Waals surface area contributed by atoms with Gasteiger partial charge in [-0.3, -0.25) is 9.69 Å². The first kappa shape index (κ1) is 13.1. The third-order valence-corrected chi connectivity index (χ3v) is 3.53. The first-order valence-electron chi connectivity index (χ1n) is 6.23. The molecule has 0 aliphatic carbocycles. The Bertz CT molecular complexity index is 393. The summed E-state index contributed by atoms with van der Waals surface area (Å²) in [5.41, 5.74) is 1.27. The van der Waals surface area contributed by atoms with E-state index in [1.807, 2.05) is 25.2 Å². The number of nitrogens with zero attached hydrogens (tertiary/aromatic N) is 1. The van der Waals surface area contributed by atoms with Gasteiger partial charge in [0.15, 0.2) is 0 Å². The summed E-state index contributed by atoms with van der Waals surface area (Å²) >= 11 is 0. The van der Waals surface area contributed by atoms with Gasteiger partial charge in [0.25, 0.3) is 0 Å². The first-order valence-corrected chi connectivity index (χ1v) is 6.23. The van der Waals surface area contributed by atoms with E-state index < -0.39 is 11.9 Å². The molecule has 0 amide bonds. The van der Waals surface area contributed by atoms with Gasteiger partial charge in [0.05, 0.1) is 19.1 Å². The van der Waals surface area contributed by atoms with Crippen molar-refractivity contribution in [2.75, 3.05) is 26.8 Å². The van der Waals surface area contributed by atoms with Gasteiger partial charge >= 0.3 is 5.97 Å². The van der Waals surface area contributed by atoms with Crippen LogP contribution < -0.4 is 0 Å². The highest BCUT2D eigenvalue weighted by Crippen LogP contribution is 2.19. The van der Waals surface area contributed by atoms with Gasteiger partial charge in [-0.1, -0.05) is 30.3 Å². The second-order valence-corrected chi connectivity index (χ2v) is 4.77. The zero-order valence-electron chi connectivity index (χ0n) is 10.6. The summed E-state index contributed by atoms with van der Waals surface area (Å²) < 4.78 is 5.28. The second-order valence-electron chi connectivity index (χ2n) is 4.77. The fourth-order valence-corrected chi connectivity index (χ4v) is 2.33. The van der Waals surface area contributed by atoms with Crippen LogP contribution in [0.4, 0.5) is 0 Å². The molecule has 0 radical (unpaired) electrons. The summed E-state index contributed by atoms with van der Waals surface area (Å²) in [7, 11) is 1.97. The molecule has 1 aliphatic rings. The molecule has 1 aromatic carbocycles. The molecule has 2 unspecified atom stereocenters. The number of hydrogen-bond acceptors (Lipinski definition) is 3. The number of carboxylic acids is 1. The molecular formula is C14H19NO3. The van der Waals surface area contributed by atoms with Crippen molar-refractivity contribution in [3.8, 4) is 0 Å². The molecular weight excluding hydrogens is 230 g/mol. The van der Waals surface area contributed by atoms with Gasteiger partial charge < -0.3 is 9.84 Å². The van der Waals surface area contributed by atoms with Crippen molar-refractivity contribution in [1.82, 2.24) is 4.90 Å². The van der Waals surface area contributed by atoms with Crippen LogP contribution in [0.3, 0.4) is 0 Å². The monoisotopic (exact) mass is 249 g/mol. The molecule has 1 N–H and O–H groups in total. The molecule has 2 atom stereocenters. The zero-order valence-corrected chi connectivity index (χ0v) is 10.6. The Kier molecular flexibility index (Phi) is 4.33. The largest absolute Gasteiger partial charge is 0.481 e. The van der Waals surface area contributed by atoms with Crippen LogP contribution in [0.1, 0.15) is 5.56 Å². The van der Waals surface area contributed by atoms with Crippen LogP contribution in [0.25, 0.3) is 0 Å². The minimum Gasteiger partial charge on any atom is -0.481 e. The smallest absolute Gasteiger partial charge is 0.310 e. The van der Waals surface area contributed by atoms with Gasteiger partial charge in [0, 0.05) is 12.6 Å². The first-order chi connectivity index (χ1) is 8.68. The summed E-state index contributed by atoms with van der Waals surface area (Å²) in [6, 6.07) is 10.2. The van der Waals surface area contributed by atoms with Crippen LogP contribution in [0.2, 0.25) is 0 Å². The Balaban J connectivity index is 1.88. The van der Waals surface area contributed by atoms with Crippen molar-refractivity contribution in [1.29, 1.82) is 0 Å². The van der Waals surface area contributed by atoms with Crippen molar-refractivity contribution in [2.45, 2.75) is 12.5 Å². The van der Waals surface area contributed by atoms with Crippen LogP contribution in [0.5, 0.6) is 0 Å². The summed E-state index contributed by atoms with van der Waals surface area (Å²) in [6.45, 7) is 1.69. The zero-order chi connectivity index (χ0) is 13.0. The number of ether oxygens (including phenoxy) is 1. The molecule has 1 aromatic rings. The van der Waals surface area contributed by atoms with E-state index in [1.54, 1.807) is 0 Å². The average Bonchev–Trinajstić information content (AvgIpc) is 2.86.